The molecule has 0 spiro atoms. The van der Waals surface area contributed by atoms with Crippen LogP contribution in [0.2, 0.25) is 0 Å². The van der Waals surface area contributed by atoms with Crippen molar-refractivity contribution in [2.75, 3.05) is 5.75 Å². The van der Waals surface area contributed by atoms with Gasteiger partial charge in [-0.1, -0.05) is 17.8 Å². The fourth-order valence-electron chi connectivity index (χ4n) is 1.14. The SMILES string of the molecule is CC(=O)SCCC=Cc1nc(C)ccc1F. The molecule has 0 atom stereocenters. The highest BCUT2D eigenvalue weighted by Gasteiger charge is 1.99. The van der Waals surface area contributed by atoms with Crippen molar-refractivity contribution in [3.63, 3.8) is 0 Å². The van der Waals surface area contributed by atoms with Gasteiger partial charge in [0, 0.05) is 18.4 Å². The van der Waals surface area contributed by atoms with Crippen LogP contribution in [-0.4, -0.2) is 15.9 Å². The lowest BCUT2D eigenvalue weighted by atomic mass is 10.2. The molecule has 0 aliphatic heterocycles. The first kappa shape index (κ1) is 12.9. The van der Waals surface area contributed by atoms with E-state index in [0.717, 1.165) is 17.9 Å². The summed E-state index contributed by atoms with van der Waals surface area (Å²) in [5.41, 5.74) is 1.15. The molecule has 1 aromatic heterocycles. The summed E-state index contributed by atoms with van der Waals surface area (Å²) in [5.74, 6) is 0.403. The van der Waals surface area contributed by atoms with Gasteiger partial charge in [-0.05, 0) is 31.6 Å². The van der Waals surface area contributed by atoms with Crippen LogP contribution >= 0.6 is 11.8 Å². The number of hydrogen-bond donors (Lipinski definition) is 0. The summed E-state index contributed by atoms with van der Waals surface area (Å²) in [6.45, 7) is 3.36. The van der Waals surface area contributed by atoms with Gasteiger partial charge >= 0.3 is 0 Å². The van der Waals surface area contributed by atoms with E-state index in [4.69, 9.17) is 0 Å². The van der Waals surface area contributed by atoms with E-state index in [-0.39, 0.29) is 10.9 Å². The number of aromatic nitrogens is 1. The van der Waals surface area contributed by atoms with Gasteiger partial charge in [0.25, 0.3) is 0 Å². The monoisotopic (exact) mass is 239 g/mol. The Balaban J connectivity index is 2.49. The number of thioether (sulfide) groups is 1. The number of nitrogens with zero attached hydrogens (tertiary/aromatic N) is 1. The lowest BCUT2D eigenvalue weighted by molar-refractivity contribution is -0.109. The van der Waals surface area contributed by atoms with E-state index in [9.17, 15) is 9.18 Å². The second-order valence-corrected chi connectivity index (χ2v) is 4.62. The van der Waals surface area contributed by atoms with Gasteiger partial charge in [-0.3, -0.25) is 9.78 Å². The van der Waals surface area contributed by atoms with E-state index < -0.39 is 0 Å². The van der Waals surface area contributed by atoms with Crippen molar-refractivity contribution in [3.8, 4) is 0 Å². The van der Waals surface area contributed by atoms with Crippen molar-refractivity contribution in [2.45, 2.75) is 20.3 Å². The fourth-order valence-corrected chi connectivity index (χ4v) is 1.68. The Morgan fingerprint density at radius 1 is 1.56 bits per heavy atom. The number of halogens is 1. The minimum absolute atomic E-state index is 0.105. The van der Waals surface area contributed by atoms with Gasteiger partial charge in [0.2, 0.25) is 0 Å². The second kappa shape index (κ2) is 6.43. The predicted octanol–water partition coefficient (Wildman–Crippen LogP) is 3.21. The highest BCUT2D eigenvalue weighted by molar-refractivity contribution is 8.13. The Morgan fingerprint density at radius 2 is 2.31 bits per heavy atom. The molecular formula is C12H14FNOS. The maximum absolute atomic E-state index is 13.2. The van der Waals surface area contributed by atoms with Gasteiger partial charge < -0.3 is 0 Å². The van der Waals surface area contributed by atoms with Gasteiger partial charge in [0.05, 0.1) is 5.69 Å². The Labute approximate surface area is 99.0 Å². The van der Waals surface area contributed by atoms with E-state index in [1.54, 1.807) is 12.1 Å². The zero-order valence-electron chi connectivity index (χ0n) is 9.37. The van der Waals surface area contributed by atoms with Gasteiger partial charge in [-0.2, -0.15) is 0 Å². The van der Waals surface area contributed by atoms with Gasteiger partial charge in [0.15, 0.2) is 5.12 Å². The van der Waals surface area contributed by atoms with Crippen molar-refractivity contribution in [1.82, 2.24) is 4.98 Å². The molecular weight excluding hydrogens is 225 g/mol. The molecule has 0 radical (unpaired) electrons. The summed E-state index contributed by atoms with van der Waals surface area (Å²) in [5, 5.41) is 0.105. The van der Waals surface area contributed by atoms with E-state index in [1.165, 1.54) is 24.8 Å². The molecule has 0 bridgehead atoms. The van der Waals surface area contributed by atoms with Crippen LogP contribution < -0.4 is 0 Å². The Kier molecular flexibility index (Phi) is 5.19. The first-order valence-electron chi connectivity index (χ1n) is 5.02. The molecule has 16 heavy (non-hydrogen) atoms. The van der Waals surface area contributed by atoms with Crippen molar-refractivity contribution >= 4 is 23.0 Å². The van der Waals surface area contributed by atoms with Crippen LogP contribution in [0.4, 0.5) is 4.39 Å². The number of allylic oxidation sites excluding steroid dienone is 1. The molecule has 0 saturated heterocycles. The number of hydrogen-bond acceptors (Lipinski definition) is 3. The lowest BCUT2D eigenvalue weighted by Crippen LogP contribution is -1.90. The molecule has 0 aromatic carbocycles. The largest absolute Gasteiger partial charge is 0.288 e. The first-order chi connectivity index (χ1) is 7.59. The second-order valence-electron chi connectivity index (χ2n) is 3.35. The molecule has 86 valence electrons. The summed E-state index contributed by atoms with van der Waals surface area (Å²) in [4.78, 5) is 14.7. The Hall–Kier alpha value is -1.16. The Bertz CT molecular complexity index is 404. The minimum atomic E-state index is -0.318. The van der Waals surface area contributed by atoms with E-state index >= 15 is 0 Å². The maximum atomic E-state index is 13.2. The van der Waals surface area contributed by atoms with Crippen molar-refractivity contribution in [2.24, 2.45) is 0 Å². The lowest BCUT2D eigenvalue weighted by Gasteiger charge is -1.97. The minimum Gasteiger partial charge on any atom is -0.288 e. The molecule has 1 rings (SSSR count). The average Bonchev–Trinajstić information content (AvgIpc) is 2.22. The highest BCUT2D eigenvalue weighted by Crippen LogP contribution is 2.09. The zero-order chi connectivity index (χ0) is 12.0. The molecule has 4 heteroatoms. The summed E-state index contributed by atoms with van der Waals surface area (Å²) in [7, 11) is 0. The van der Waals surface area contributed by atoms with E-state index in [1.807, 2.05) is 13.0 Å². The molecule has 0 N–H and O–H groups in total. The van der Waals surface area contributed by atoms with Gasteiger partial charge in [-0.25, -0.2) is 4.39 Å². The van der Waals surface area contributed by atoms with Crippen LogP contribution in [0.1, 0.15) is 24.7 Å². The Morgan fingerprint density at radius 3 is 3.00 bits per heavy atom. The summed E-state index contributed by atoms with van der Waals surface area (Å²) in [6, 6.07) is 3.05. The van der Waals surface area contributed by atoms with Crippen LogP contribution in [-0.2, 0) is 4.79 Å². The third-order valence-corrected chi connectivity index (χ3v) is 2.72. The summed E-state index contributed by atoms with van der Waals surface area (Å²) in [6.07, 6.45) is 4.23. The normalized spacial score (nSPS) is 10.9. The molecule has 0 unspecified atom stereocenters. The maximum Gasteiger partial charge on any atom is 0.185 e. The fraction of sp³-hybridized carbons (Fsp3) is 0.333. The van der Waals surface area contributed by atoms with Crippen molar-refractivity contribution in [3.05, 3.63) is 35.4 Å². The molecule has 2 nitrogen and oxygen atoms in total. The van der Waals surface area contributed by atoms with Crippen molar-refractivity contribution in [1.29, 1.82) is 0 Å². The third-order valence-electron chi connectivity index (χ3n) is 1.88. The van der Waals surface area contributed by atoms with E-state index in [0.29, 0.717) is 5.69 Å². The van der Waals surface area contributed by atoms with Crippen LogP contribution in [0.25, 0.3) is 6.08 Å². The topological polar surface area (TPSA) is 30.0 Å². The van der Waals surface area contributed by atoms with Crippen LogP contribution in [0.15, 0.2) is 18.2 Å². The standard InChI is InChI=1S/C12H14FNOS/c1-9-6-7-11(13)12(14-9)5-3-4-8-16-10(2)15/h3,5-7H,4,8H2,1-2H3. The number of aryl methyl sites for hydroxylation is 1. The van der Waals surface area contributed by atoms with Gasteiger partial charge in [0.1, 0.15) is 5.82 Å². The number of carbonyl (C=O) groups excluding carboxylic acids is 1. The molecule has 0 amide bonds. The number of pyridine rings is 1. The van der Waals surface area contributed by atoms with E-state index in [2.05, 4.69) is 4.98 Å². The van der Waals surface area contributed by atoms with Crippen LogP contribution in [0.3, 0.4) is 0 Å². The molecule has 0 fully saturated rings. The zero-order valence-corrected chi connectivity index (χ0v) is 10.2. The molecule has 0 saturated carbocycles. The summed E-state index contributed by atoms with van der Waals surface area (Å²) < 4.78 is 13.2. The molecule has 1 heterocycles. The quantitative estimate of drug-likeness (QED) is 0.756. The van der Waals surface area contributed by atoms with Gasteiger partial charge in [-0.15, -0.1) is 0 Å². The predicted molar refractivity (Wildman–Crippen MR) is 65.7 cm³/mol. The molecule has 0 aliphatic rings. The number of carbonyl (C=O) groups is 1. The van der Waals surface area contributed by atoms with Crippen LogP contribution in [0.5, 0.6) is 0 Å². The highest BCUT2D eigenvalue weighted by atomic mass is 32.2. The third kappa shape index (κ3) is 4.57. The average molecular weight is 239 g/mol. The number of rotatable bonds is 4. The molecule has 1 aromatic rings. The molecule has 0 aliphatic carbocycles. The van der Waals surface area contributed by atoms with Crippen molar-refractivity contribution < 1.29 is 9.18 Å². The first-order valence-corrected chi connectivity index (χ1v) is 6.01. The summed E-state index contributed by atoms with van der Waals surface area (Å²) >= 11 is 1.27. The smallest absolute Gasteiger partial charge is 0.185 e. The van der Waals surface area contributed by atoms with Crippen LogP contribution in [0, 0.1) is 12.7 Å².